The molecule has 4 nitrogen and oxygen atoms in total. The molecule has 0 aliphatic heterocycles. The molecule has 0 aliphatic carbocycles. The molecule has 1 heterocycles. The van der Waals surface area contributed by atoms with Crippen molar-refractivity contribution >= 4 is 33.6 Å². The van der Waals surface area contributed by atoms with Gasteiger partial charge < -0.3 is 12.6 Å². The Labute approximate surface area is 154 Å². The molecule has 23 heavy (non-hydrogen) atoms. The molecule has 0 fully saturated rings. The Kier molecular flexibility index (Phi) is 10.2. The van der Waals surface area contributed by atoms with Gasteiger partial charge in [-0.2, -0.15) is 5.10 Å². The topological polar surface area (TPSA) is 49.6 Å². The Morgan fingerprint density at radius 1 is 1.17 bits per heavy atom. The maximum atomic E-state index is 5.13. The fourth-order valence-corrected chi connectivity index (χ4v) is 1.86. The van der Waals surface area contributed by atoms with Crippen molar-refractivity contribution in [3.63, 3.8) is 0 Å². The molecule has 0 saturated carbocycles. The van der Waals surface area contributed by atoms with E-state index in [0.29, 0.717) is 11.7 Å². The van der Waals surface area contributed by atoms with Gasteiger partial charge in [0.15, 0.2) is 0 Å². The zero-order valence-corrected chi connectivity index (χ0v) is 15.1. The molecular weight excluding hydrogens is 379 g/mol. The Hall–Kier alpha value is -1.46. The molecule has 2 aromatic rings. The van der Waals surface area contributed by atoms with Crippen LogP contribution in [0.25, 0.3) is 0 Å². The molecule has 0 radical (unpaired) electrons. The van der Waals surface area contributed by atoms with Crippen LogP contribution in [0.15, 0.2) is 64.8 Å². The predicted molar refractivity (Wildman–Crippen MR) is 95.3 cm³/mol. The molecule has 125 valence electrons. The third kappa shape index (κ3) is 7.10. The summed E-state index contributed by atoms with van der Waals surface area (Å²) in [6, 6.07) is 15.6. The van der Waals surface area contributed by atoms with Crippen molar-refractivity contribution in [2.24, 2.45) is 10.1 Å². The Morgan fingerprint density at radius 3 is 2.48 bits per heavy atom. The van der Waals surface area contributed by atoms with Crippen molar-refractivity contribution in [2.75, 3.05) is 6.54 Å². The van der Waals surface area contributed by atoms with E-state index in [1.54, 1.807) is 6.20 Å². The molecule has 2 rings (SSSR count). The fourth-order valence-electron chi connectivity index (χ4n) is 1.72. The zero-order valence-electron chi connectivity index (χ0n) is 12.5. The van der Waals surface area contributed by atoms with Gasteiger partial charge in [0.05, 0.1) is 5.69 Å². The normalized spacial score (nSPS) is 11.5. The minimum atomic E-state index is 0.390. The number of amidine groups is 1. The monoisotopic (exact) mass is 395 g/mol. The van der Waals surface area contributed by atoms with Gasteiger partial charge in [-0.25, -0.2) is 0 Å². The number of rotatable bonds is 5. The number of hydrogen-bond donors (Lipinski definition) is 1. The third-order valence-electron chi connectivity index (χ3n) is 2.70. The van der Waals surface area contributed by atoms with Crippen LogP contribution in [-0.2, 0) is 27.7 Å². The number of benzene rings is 1. The van der Waals surface area contributed by atoms with E-state index in [1.807, 2.05) is 48.5 Å². The van der Waals surface area contributed by atoms with Crippen molar-refractivity contribution < 1.29 is 15.1 Å². The van der Waals surface area contributed by atoms with Crippen LogP contribution in [0.5, 0.6) is 0 Å². The minimum absolute atomic E-state index is 0.390. The van der Waals surface area contributed by atoms with Gasteiger partial charge in [-0.05, 0) is 23.7 Å². The fraction of sp³-hybridized carbons (Fsp3) is 0.188. The summed E-state index contributed by atoms with van der Waals surface area (Å²) < 4.78 is 0. The molecule has 1 aromatic carbocycles. The number of aromatic nitrogens is 1. The van der Waals surface area contributed by atoms with Gasteiger partial charge in [0, 0.05) is 18.3 Å². The first kappa shape index (κ1) is 19.6. The van der Waals surface area contributed by atoms with Crippen molar-refractivity contribution in [1.29, 1.82) is 0 Å². The number of hydrazone groups is 1. The van der Waals surface area contributed by atoms with Crippen LogP contribution in [0.1, 0.15) is 24.6 Å². The Bertz CT molecular complexity index is 579. The van der Waals surface area contributed by atoms with Crippen LogP contribution in [0.4, 0.5) is 0 Å². The predicted octanol–water partition coefficient (Wildman–Crippen LogP) is 3.42. The number of aliphatic imine (C=N–C) groups is 1. The summed E-state index contributed by atoms with van der Waals surface area (Å²) in [7, 11) is 4.20. The standard InChI is InChI=1S/C16H18N4S.ClH.Cu/c1-2-11-18-16(21)20-19-15(13-8-4-3-5-9-13)14-10-6-7-12-17-14;;/h3-10,12H,2,11H2,1H3,(H2,18,20,21);1H;/q;;+2/p-2/b19-15+;;. The van der Waals surface area contributed by atoms with Gasteiger partial charge in [-0.3, -0.25) is 15.4 Å². The first-order valence-electron chi connectivity index (χ1n) is 6.94. The van der Waals surface area contributed by atoms with Crippen LogP contribution in [-0.4, -0.2) is 22.4 Å². The first-order valence-corrected chi connectivity index (χ1v) is 8.65. The summed E-state index contributed by atoms with van der Waals surface area (Å²) in [6.07, 6.45) is 2.70. The number of pyridine rings is 1. The van der Waals surface area contributed by atoms with Crippen LogP contribution in [0, 0.1) is 0 Å². The molecule has 1 aromatic heterocycles. The summed E-state index contributed by atoms with van der Waals surface area (Å²) in [6.45, 7) is 2.75. The molecule has 0 aliphatic rings. The molecule has 0 unspecified atom stereocenters. The van der Waals surface area contributed by atoms with Crippen molar-refractivity contribution in [3.05, 3.63) is 66.0 Å². The van der Waals surface area contributed by atoms with E-state index in [4.69, 9.17) is 12.6 Å². The molecule has 0 saturated heterocycles. The number of nitrogens with zero attached hydrogens (tertiary/aromatic N) is 3. The van der Waals surface area contributed by atoms with Crippen molar-refractivity contribution in [3.8, 4) is 0 Å². The molecular formula is C16H17ClCuN4S. The molecule has 0 bridgehead atoms. The number of hydrogen-bond acceptors (Lipinski definition) is 4. The molecule has 7 heteroatoms. The van der Waals surface area contributed by atoms with Gasteiger partial charge in [0.1, 0.15) is 5.71 Å². The van der Waals surface area contributed by atoms with Crippen LogP contribution in [0.3, 0.4) is 0 Å². The van der Waals surface area contributed by atoms with E-state index >= 15 is 0 Å². The molecule has 0 amide bonds. The second kappa shape index (κ2) is 12.0. The van der Waals surface area contributed by atoms with E-state index in [0.717, 1.165) is 23.4 Å². The molecule has 0 atom stereocenters. The van der Waals surface area contributed by atoms with Crippen LogP contribution >= 0.6 is 10.1 Å². The van der Waals surface area contributed by atoms with Crippen LogP contribution in [0.2, 0.25) is 0 Å². The maximum absolute atomic E-state index is 5.13. The summed E-state index contributed by atoms with van der Waals surface area (Å²) in [5, 5.41) is 4.78. The van der Waals surface area contributed by atoms with Gasteiger partial charge in [-0.1, -0.05) is 43.3 Å². The molecule has 0 spiro atoms. The average molecular weight is 396 g/mol. The second-order valence-electron chi connectivity index (χ2n) is 4.34. The van der Waals surface area contributed by atoms with E-state index in [-0.39, 0.29) is 0 Å². The number of nitrogens with one attached hydrogen (secondary N) is 1. The summed E-state index contributed by atoms with van der Waals surface area (Å²) in [4.78, 5) is 8.55. The SMILES string of the molecule is CCCN=C([S-])N/N=C(\c1ccccc1)c1ccccn1.[Cl][Cu+]. The van der Waals surface area contributed by atoms with E-state index in [2.05, 4.69) is 52.6 Å². The van der Waals surface area contributed by atoms with Gasteiger partial charge in [0.25, 0.3) is 0 Å². The molecule has 1 N–H and O–H groups in total. The van der Waals surface area contributed by atoms with Crippen LogP contribution < -0.4 is 5.43 Å². The van der Waals surface area contributed by atoms with Gasteiger partial charge >= 0.3 is 25.2 Å². The van der Waals surface area contributed by atoms with Gasteiger partial charge in [0.2, 0.25) is 0 Å². The van der Waals surface area contributed by atoms with E-state index < -0.39 is 0 Å². The second-order valence-corrected chi connectivity index (χ2v) is 4.73. The number of halogens is 1. The van der Waals surface area contributed by atoms with Crippen molar-refractivity contribution in [1.82, 2.24) is 10.4 Å². The quantitative estimate of drug-likeness (QED) is 0.277. The van der Waals surface area contributed by atoms with E-state index in [1.165, 1.54) is 0 Å². The Balaban J connectivity index is 0.00000127. The zero-order chi connectivity index (χ0) is 16.9. The summed E-state index contributed by atoms with van der Waals surface area (Å²) in [5.74, 6) is 0. The summed E-state index contributed by atoms with van der Waals surface area (Å²) in [5.41, 5.74) is 5.33. The van der Waals surface area contributed by atoms with Gasteiger partial charge in [-0.15, -0.1) is 0 Å². The Morgan fingerprint density at radius 2 is 1.87 bits per heavy atom. The van der Waals surface area contributed by atoms with Crippen molar-refractivity contribution in [2.45, 2.75) is 13.3 Å². The third-order valence-corrected chi connectivity index (χ3v) is 2.92. The average Bonchev–Trinajstić information content (AvgIpc) is 2.63. The summed E-state index contributed by atoms with van der Waals surface area (Å²) >= 11 is 8.79. The van der Waals surface area contributed by atoms with E-state index in [9.17, 15) is 0 Å². The first-order chi connectivity index (χ1) is 11.3.